The molecule has 0 fully saturated rings. The standard InChI is InChI=1S/C13H14N2O3/c1-18-11-4-2-10(3-5-11)12-8-14-9-15(12)7-6-13(16)17/h2-5,8-9H,6-7H2,1H3,(H,16,17). The molecule has 18 heavy (non-hydrogen) atoms. The number of rotatable bonds is 5. The molecule has 5 nitrogen and oxygen atoms in total. The van der Waals surface area contributed by atoms with E-state index in [-0.39, 0.29) is 6.42 Å². The Labute approximate surface area is 105 Å². The van der Waals surface area contributed by atoms with Crippen molar-refractivity contribution in [1.29, 1.82) is 0 Å². The number of aliphatic carboxylic acids is 1. The van der Waals surface area contributed by atoms with Gasteiger partial charge in [0.25, 0.3) is 0 Å². The maximum Gasteiger partial charge on any atom is 0.305 e. The van der Waals surface area contributed by atoms with Crippen LogP contribution in [0.3, 0.4) is 0 Å². The van der Waals surface area contributed by atoms with Gasteiger partial charge in [-0.2, -0.15) is 0 Å². The number of imidazole rings is 1. The third-order valence-electron chi connectivity index (χ3n) is 2.66. The molecule has 0 aliphatic heterocycles. The molecule has 0 saturated heterocycles. The Morgan fingerprint density at radius 2 is 2.11 bits per heavy atom. The molecule has 0 aliphatic rings. The molecule has 1 heterocycles. The topological polar surface area (TPSA) is 64.4 Å². The van der Waals surface area contributed by atoms with E-state index < -0.39 is 5.97 Å². The maximum atomic E-state index is 10.6. The first-order chi connectivity index (χ1) is 8.70. The van der Waals surface area contributed by atoms with Crippen molar-refractivity contribution in [3.63, 3.8) is 0 Å². The monoisotopic (exact) mass is 246 g/mol. The highest BCUT2D eigenvalue weighted by Gasteiger charge is 2.06. The Kier molecular flexibility index (Phi) is 3.62. The first-order valence-electron chi connectivity index (χ1n) is 5.57. The highest BCUT2D eigenvalue weighted by molar-refractivity contribution is 5.67. The van der Waals surface area contributed by atoms with E-state index in [1.165, 1.54) is 0 Å². The van der Waals surface area contributed by atoms with Gasteiger partial charge in [0.15, 0.2) is 0 Å². The Hall–Kier alpha value is -2.30. The zero-order valence-electron chi connectivity index (χ0n) is 10.0. The van der Waals surface area contributed by atoms with E-state index in [0.29, 0.717) is 6.54 Å². The molecule has 1 aromatic carbocycles. The Bertz CT molecular complexity index is 531. The van der Waals surface area contributed by atoms with E-state index in [0.717, 1.165) is 17.0 Å². The maximum absolute atomic E-state index is 10.6. The summed E-state index contributed by atoms with van der Waals surface area (Å²) in [5.41, 5.74) is 1.89. The summed E-state index contributed by atoms with van der Waals surface area (Å²) in [7, 11) is 1.62. The fourth-order valence-corrected chi connectivity index (χ4v) is 1.72. The second-order valence-electron chi connectivity index (χ2n) is 3.84. The van der Waals surface area contributed by atoms with Gasteiger partial charge in [0.1, 0.15) is 5.75 Å². The van der Waals surface area contributed by atoms with E-state index in [2.05, 4.69) is 4.98 Å². The largest absolute Gasteiger partial charge is 0.497 e. The summed E-state index contributed by atoms with van der Waals surface area (Å²) in [6.07, 6.45) is 3.45. The fraction of sp³-hybridized carbons (Fsp3) is 0.231. The first-order valence-corrected chi connectivity index (χ1v) is 5.57. The van der Waals surface area contributed by atoms with Crippen LogP contribution < -0.4 is 4.74 Å². The third-order valence-corrected chi connectivity index (χ3v) is 2.66. The van der Waals surface area contributed by atoms with Gasteiger partial charge in [0, 0.05) is 12.1 Å². The number of carboxylic acids is 1. The smallest absolute Gasteiger partial charge is 0.305 e. The number of aryl methyl sites for hydroxylation is 1. The molecular weight excluding hydrogens is 232 g/mol. The fourth-order valence-electron chi connectivity index (χ4n) is 1.72. The Morgan fingerprint density at radius 3 is 2.72 bits per heavy atom. The van der Waals surface area contributed by atoms with Gasteiger partial charge >= 0.3 is 5.97 Å². The van der Waals surface area contributed by atoms with Crippen molar-refractivity contribution >= 4 is 5.97 Å². The summed E-state index contributed by atoms with van der Waals surface area (Å²) in [4.78, 5) is 14.6. The zero-order valence-corrected chi connectivity index (χ0v) is 10.0. The molecule has 1 N–H and O–H groups in total. The minimum atomic E-state index is -0.815. The van der Waals surface area contributed by atoms with Crippen molar-refractivity contribution in [2.24, 2.45) is 0 Å². The summed E-state index contributed by atoms with van der Waals surface area (Å²) in [6.45, 7) is 0.413. The number of ether oxygens (including phenoxy) is 1. The quantitative estimate of drug-likeness (QED) is 0.876. The van der Waals surface area contributed by atoms with E-state index in [1.54, 1.807) is 19.6 Å². The van der Waals surface area contributed by atoms with E-state index >= 15 is 0 Å². The SMILES string of the molecule is COc1ccc(-c2cncn2CCC(=O)O)cc1. The summed E-state index contributed by atoms with van der Waals surface area (Å²) in [5.74, 6) is -0.0280. The summed E-state index contributed by atoms with van der Waals surface area (Å²) >= 11 is 0. The van der Waals surface area contributed by atoms with Crippen LogP contribution in [-0.2, 0) is 11.3 Å². The van der Waals surface area contributed by atoms with Gasteiger partial charge in [0.05, 0.1) is 31.7 Å². The predicted octanol–water partition coefficient (Wildman–Crippen LogP) is 2.03. The van der Waals surface area contributed by atoms with Crippen LogP contribution in [0.4, 0.5) is 0 Å². The lowest BCUT2D eigenvalue weighted by atomic mass is 10.1. The van der Waals surface area contributed by atoms with Gasteiger partial charge in [-0.15, -0.1) is 0 Å². The molecule has 0 amide bonds. The summed E-state index contributed by atoms with van der Waals surface area (Å²) < 4.78 is 6.92. The number of hydrogen-bond acceptors (Lipinski definition) is 3. The molecule has 5 heteroatoms. The molecule has 0 bridgehead atoms. The number of nitrogens with zero attached hydrogens (tertiary/aromatic N) is 2. The van der Waals surface area contributed by atoms with E-state index in [4.69, 9.17) is 9.84 Å². The van der Waals surface area contributed by atoms with Crippen LogP contribution in [0.25, 0.3) is 11.3 Å². The average Bonchev–Trinajstić information content (AvgIpc) is 2.85. The molecule has 0 atom stereocenters. The highest BCUT2D eigenvalue weighted by atomic mass is 16.5. The number of benzene rings is 1. The Balaban J connectivity index is 2.21. The average molecular weight is 246 g/mol. The minimum absolute atomic E-state index is 0.0829. The van der Waals surface area contributed by atoms with Gasteiger partial charge in [-0.05, 0) is 24.3 Å². The second-order valence-corrected chi connectivity index (χ2v) is 3.84. The van der Waals surface area contributed by atoms with E-state index in [1.807, 2.05) is 28.8 Å². The van der Waals surface area contributed by atoms with Crippen LogP contribution in [0.1, 0.15) is 6.42 Å². The molecule has 0 radical (unpaired) electrons. The van der Waals surface area contributed by atoms with Gasteiger partial charge in [-0.25, -0.2) is 4.98 Å². The van der Waals surface area contributed by atoms with Crippen molar-refractivity contribution in [2.75, 3.05) is 7.11 Å². The lowest BCUT2D eigenvalue weighted by Gasteiger charge is -2.07. The number of aromatic nitrogens is 2. The highest BCUT2D eigenvalue weighted by Crippen LogP contribution is 2.22. The minimum Gasteiger partial charge on any atom is -0.497 e. The number of carboxylic acid groups (broad SMARTS) is 1. The summed E-state index contributed by atoms with van der Waals surface area (Å²) in [5, 5.41) is 8.69. The number of hydrogen-bond donors (Lipinski definition) is 1. The predicted molar refractivity (Wildman–Crippen MR) is 66.5 cm³/mol. The molecule has 0 spiro atoms. The normalized spacial score (nSPS) is 10.3. The molecule has 0 saturated carbocycles. The van der Waals surface area contributed by atoms with Gasteiger partial charge < -0.3 is 14.4 Å². The van der Waals surface area contributed by atoms with Crippen molar-refractivity contribution < 1.29 is 14.6 Å². The van der Waals surface area contributed by atoms with Crippen molar-refractivity contribution in [2.45, 2.75) is 13.0 Å². The molecule has 1 aromatic heterocycles. The van der Waals surface area contributed by atoms with Gasteiger partial charge in [-0.1, -0.05) is 0 Å². The molecule has 2 aromatic rings. The first kappa shape index (κ1) is 12.2. The van der Waals surface area contributed by atoms with Crippen molar-refractivity contribution in [3.8, 4) is 17.0 Å². The molecular formula is C13H14N2O3. The lowest BCUT2D eigenvalue weighted by Crippen LogP contribution is -2.04. The zero-order chi connectivity index (χ0) is 13.0. The van der Waals surface area contributed by atoms with E-state index in [9.17, 15) is 4.79 Å². The van der Waals surface area contributed by atoms with Gasteiger partial charge in [0.2, 0.25) is 0 Å². The van der Waals surface area contributed by atoms with Gasteiger partial charge in [-0.3, -0.25) is 4.79 Å². The molecule has 2 rings (SSSR count). The van der Waals surface area contributed by atoms with Crippen LogP contribution in [0.5, 0.6) is 5.75 Å². The third kappa shape index (κ3) is 2.68. The number of carbonyl (C=O) groups is 1. The molecule has 0 aliphatic carbocycles. The molecule has 94 valence electrons. The van der Waals surface area contributed by atoms with Crippen LogP contribution in [0, 0.1) is 0 Å². The van der Waals surface area contributed by atoms with Crippen LogP contribution in [0.2, 0.25) is 0 Å². The van der Waals surface area contributed by atoms with Crippen LogP contribution in [-0.4, -0.2) is 27.7 Å². The lowest BCUT2D eigenvalue weighted by molar-refractivity contribution is -0.137. The molecule has 0 unspecified atom stereocenters. The number of methoxy groups -OCH3 is 1. The van der Waals surface area contributed by atoms with Crippen LogP contribution in [0.15, 0.2) is 36.8 Å². The van der Waals surface area contributed by atoms with Crippen LogP contribution >= 0.6 is 0 Å². The van der Waals surface area contributed by atoms with Crippen molar-refractivity contribution in [3.05, 3.63) is 36.8 Å². The Morgan fingerprint density at radius 1 is 1.39 bits per heavy atom. The van der Waals surface area contributed by atoms with Crippen molar-refractivity contribution in [1.82, 2.24) is 9.55 Å². The second kappa shape index (κ2) is 5.35. The summed E-state index contributed by atoms with van der Waals surface area (Å²) in [6, 6.07) is 7.58.